The van der Waals surface area contributed by atoms with Gasteiger partial charge in [0.2, 0.25) is 10.0 Å². The summed E-state index contributed by atoms with van der Waals surface area (Å²) < 4.78 is 43.5. The van der Waals surface area contributed by atoms with Crippen LogP contribution in [0, 0.1) is 5.82 Å². The minimum atomic E-state index is -3.92. The molecule has 18 heavy (non-hydrogen) atoms. The first kappa shape index (κ1) is 13.3. The van der Waals surface area contributed by atoms with Crippen molar-refractivity contribution >= 4 is 27.6 Å². The van der Waals surface area contributed by atoms with Crippen molar-refractivity contribution < 1.29 is 22.3 Å². The number of carbonyl (C=O) groups excluding carboxylic acids is 1. The lowest BCUT2D eigenvalue weighted by atomic mass is 10.3. The Morgan fingerprint density at radius 1 is 1.44 bits per heavy atom. The average molecular weight is 294 g/mol. The van der Waals surface area contributed by atoms with Crippen LogP contribution in [0.3, 0.4) is 0 Å². The van der Waals surface area contributed by atoms with Gasteiger partial charge < -0.3 is 4.74 Å². The zero-order valence-corrected chi connectivity index (χ0v) is 10.6. The lowest BCUT2D eigenvalue weighted by Gasteiger charge is -2.10. The Hall–Kier alpha value is -1.18. The van der Waals surface area contributed by atoms with Gasteiger partial charge in [-0.25, -0.2) is 12.8 Å². The molecule has 0 spiro atoms. The first-order valence-electron chi connectivity index (χ1n) is 5.04. The van der Waals surface area contributed by atoms with Gasteiger partial charge in [0.1, 0.15) is 11.9 Å². The minimum absolute atomic E-state index is 0.177. The van der Waals surface area contributed by atoms with Crippen LogP contribution in [-0.2, 0) is 19.6 Å². The molecule has 8 heteroatoms. The molecule has 0 aromatic heterocycles. The number of cyclic esters (lactones) is 1. The van der Waals surface area contributed by atoms with Crippen molar-refractivity contribution in [2.75, 3.05) is 6.61 Å². The monoisotopic (exact) mass is 293 g/mol. The molecule has 1 aliphatic rings. The van der Waals surface area contributed by atoms with Crippen molar-refractivity contribution in [2.45, 2.75) is 17.4 Å². The van der Waals surface area contributed by atoms with Crippen molar-refractivity contribution in [3.05, 3.63) is 29.0 Å². The summed E-state index contributed by atoms with van der Waals surface area (Å²) in [6.45, 7) is 0.177. The highest BCUT2D eigenvalue weighted by Gasteiger charge is 2.31. The first-order chi connectivity index (χ1) is 8.40. The highest BCUT2D eigenvalue weighted by molar-refractivity contribution is 7.89. The molecule has 2 rings (SSSR count). The maximum atomic E-state index is 12.9. The van der Waals surface area contributed by atoms with E-state index in [0.29, 0.717) is 0 Å². The third-order valence-electron chi connectivity index (χ3n) is 2.43. The van der Waals surface area contributed by atoms with Crippen LogP contribution >= 0.6 is 11.6 Å². The summed E-state index contributed by atoms with van der Waals surface area (Å²) in [5.74, 6) is -1.33. The summed E-state index contributed by atoms with van der Waals surface area (Å²) >= 11 is 5.51. The number of benzene rings is 1. The van der Waals surface area contributed by atoms with Crippen LogP contribution in [0.15, 0.2) is 23.1 Å². The largest absolute Gasteiger partial charge is 0.464 e. The van der Waals surface area contributed by atoms with Gasteiger partial charge in [0.05, 0.1) is 16.5 Å². The molecule has 0 amide bonds. The Kier molecular flexibility index (Phi) is 3.56. The fourth-order valence-corrected chi connectivity index (χ4v) is 2.99. The fourth-order valence-electron chi connectivity index (χ4n) is 1.50. The quantitative estimate of drug-likeness (QED) is 0.846. The normalized spacial score (nSPS) is 19.9. The second kappa shape index (κ2) is 4.83. The summed E-state index contributed by atoms with van der Waals surface area (Å²) in [7, 11) is -3.92. The first-order valence-corrected chi connectivity index (χ1v) is 6.90. The van der Waals surface area contributed by atoms with Crippen LogP contribution in [0.25, 0.3) is 0 Å². The van der Waals surface area contributed by atoms with E-state index in [-0.39, 0.29) is 22.9 Å². The maximum absolute atomic E-state index is 12.9. The Morgan fingerprint density at radius 3 is 2.72 bits per heavy atom. The van der Waals surface area contributed by atoms with Gasteiger partial charge >= 0.3 is 5.97 Å². The van der Waals surface area contributed by atoms with Gasteiger partial charge in [-0.1, -0.05) is 11.6 Å². The van der Waals surface area contributed by atoms with E-state index >= 15 is 0 Å². The van der Waals surface area contributed by atoms with Gasteiger partial charge in [0.15, 0.2) is 0 Å². The molecule has 1 fully saturated rings. The Morgan fingerprint density at radius 2 is 2.17 bits per heavy atom. The lowest BCUT2D eigenvalue weighted by Crippen LogP contribution is -2.37. The van der Waals surface area contributed by atoms with Gasteiger partial charge in [0.25, 0.3) is 0 Å². The van der Waals surface area contributed by atoms with Gasteiger partial charge in [-0.15, -0.1) is 0 Å². The van der Waals surface area contributed by atoms with Gasteiger partial charge in [-0.2, -0.15) is 4.72 Å². The summed E-state index contributed by atoms with van der Waals surface area (Å²) in [4.78, 5) is 11.0. The van der Waals surface area contributed by atoms with E-state index in [1.807, 2.05) is 0 Å². The number of rotatable bonds is 3. The smallest absolute Gasteiger partial charge is 0.324 e. The third kappa shape index (κ3) is 2.63. The van der Waals surface area contributed by atoms with Gasteiger partial charge in [-0.05, 0) is 18.2 Å². The standard InChI is InChI=1S/C10H9ClFNO4S/c11-7-5-6(1-2-8(7)12)18(15,16)13-9-3-4-17-10(9)14/h1-2,5,9,13H,3-4H2. The molecule has 1 heterocycles. The van der Waals surface area contributed by atoms with Crippen molar-refractivity contribution in [1.82, 2.24) is 4.72 Å². The molecule has 0 aliphatic carbocycles. The summed E-state index contributed by atoms with van der Waals surface area (Å²) in [5.41, 5.74) is 0. The van der Waals surface area contributed by atoms with E-state index in [1.165, 1.54) is 0 Å². The highest BCUT2D eigenvalue weighted by Crippen LogP contribution is 2.20. The number of carbonyl (C=O) groups is 1. The number of esters is 1. The van der Waals surface area contributed by atoms with Crippen molar-refractivity contribution in [2.24, 2.45) is 0 Å². The molecule has 0 radical (unpaired) electrons. The molecule has 98 valence electrons. The lowest BCUT2D eigenvalue weighted by molar-refractivity contribution is -0.139. The zero-order chi connectivity index (χ0) is 13.3. The number of halogens is 2. The topological polar surface area (TPSA) is 72.5 Å². The van der Waals surface area contributed by atoms with E-state index in [2.05, 4.69) is 9.46 Å². The number of hydrogen-bond donors (Lipinski definition) is 1. The molecule has 1 aromatic rings. The van der Waals surface area contributed by atoms with Crippen LogP contribution in [0.1, 0.15) is 6.42 Å². The summed E-state index contributed by atoms with van der Waals surface area (Å²) in [6.07, 6.45) is 0.271. The minimum Gasteiger partial charge on any atom is -0.464 e. The Bertz CT molecular complexity index is 590. The van der Waals surface area contributed by atoms with Crippen LogP contribution in [0.2, 0.25) is 5.02 Å². The summed E-state index contributed by atoms with van der Waals surface area (Å²) in [6, 6.07) is 2.10. The van der Waals surface area contributed by atoms with Crippen LogP contribution < -0.4 is 4.72 Å². The predicted molar refractivity (Wildman–Crippen MR) is 61.1 cm³/mol. The Balaban J connectivity index is 2.25. The summed E-state index contributed by atoms with van der Waals surface area (Å²) in [5, 5.41) is -0.299. The van der Waals surface area contributed by atoms with Crippen molar-refractivity contribution in [3.63, 3.8) is 0 Å². The average Bonchev–Trinajstić information content (AvgIpc) is 2.67. The fraction of sp³-hybridized carbons (Fsp3) is 0.300. The Labute approximate surface area is 108 Å². The number of hydrogen-bond acceptors (Lipinski definition) is 4. The number of sulfonamides is 1. The molecule has 1 aliphatic heterocycles. The third-order valence-corrected chi connectivity index (χ3v) is 4.19. The van der Waals surface area contributed by atoms with E-state index in [0.717, 1.165) is 18.2 Å². The van der Waals surface area contributed by atoms with Gasteiger partial charge in [0, 0.05) is 6.42 Å². The van der Waals surface area contributed by atoms with E-state index in [1.54, 1.807) is 0 Å². The second-order valence-corrected chi connectivity index (χ2v) is 5.83. The van der Waals surface area contributed by atoms with Crippen molar-refractivity contribution in [1.29, 1.82) is 0 Å². The predicted octanol–water partition coefficient (Wildman–Crippen LogP) is 1.07. The van der Waals surface area contributed by atoms with Crippen LogP contribution in [-0.4, -0.2) is 27.0 Å². The molecular weight excluding hydrogens is 285 g/mol. The molecule has 5 nitrogen and oxygen atoms in total. The molecule has 1 atom stereocenters. The SMILES string of the molecule is O=C1OCCC1NS(=O)(=O)c1ccc(F)c(Cl)c1. The second-order valence-electron chi connectivity index (χ2n) is 3.71. The molecule has 1 aromatic carbocycles. The number of ether oxygens (including phenoxy) is 1. The van der Waals surface area contributed by atoms with E-state index in [9.17, 15) is 17.6 Å². The molecule has 1 N–H and O–H groups in total. The molecule has 0 bridgehead atoms. The number of nitrogens with one attached hydrogen (secondary N) is 1. The molecule has 1 saturated heterocycles. The maximum Gasteiger partial charge on any atom is 0.324 e. The van der Waals surface area contributed by atoms with Crippen LogP contribution in [0.4, 0.5) is 4.39 Å². The van der Waals surface area contributed by atoms with Gasteiger partial charge in [-0.3, -0.25) is 4.79 Å². The molecular formula is C10H9ClFNO4S. The van der Waals surface area contributed by atoms with Crippen LogP contribution in [0.5, 0.6) is 0 Å². The highest BCUT2D eigenvalue weighted by atomic mass is 35.5. The molecule has 0 saturated carbocycles. The van der Waals surface area contributed by atoms with E-state index < -0.39 is 27.9 Å². The zero-order valence-electron chi connectivity index (χ0n) is 9.02. The van der Waals surface area contributed by atoms with E-state index in [4.69, 9.17) is 11.6 Å². The van der Waals surface area contributed by atoms with Crippen molar-refractivity contribution in [3.8, 4) is 0 Å². The molecule has 1 unspecified atom stereocenters.